The molecule has 3 aliphatic heterocycles. The number of amides is 8. The summed E-state index contributed by atoms with van der Waals surface area (Å²) in [5, 5.41) is 31.1. The van der Waals surface area contributed by atoms with Gasteiger partial charge in [-0.15, -0.1) is 0 Å². The van der Waals surface area contributed by atoms with Crippen molar-refractivity contribution >= 4 is 110 Å². The third-order valence-electron chi connectivity index (χ3n) is 20.7. The molecule has 0 bridgehead atoms. The number of nitrogens with one attached hydrogen (secondary N) is 8. The Morgan fingerprint density at radius 1 is 0.313 bits per heavy atom. The van der Waals surface area contributed by atoms with E-state index in [1.54, 1.807) is 0 Å². The van der Waals surface area contributed by atoms with E-state index in [0.717, 1.165) is 68.7 Å². The molecular weight excluding hydrogens is 1980 g/mol. The Morgan fingerprint density at radius 2 is 0.599 bits per heavy atom. The number of ether oxygens (including phenoxy) is 24. The quantitative estimate of drug-likeness (QED) is 0.0167. The van der Waals surface area contributed by atoms with Gasteiger partial charge >= 0.3 is 53.7 Å². The van der Waals surface area contributed by atoms with Gasteiger partial charge in [-0.3, -0.25) is 81.5 Å². The topological polar surface area (TPSA) is 653 Å². The lowest BCUT2D eigenvalue weighted by Gasteiger charge is -2.44. The minimum atomic E-state index is -1.44. The number of rotatable bonds is 79. The molecule has 3 aliphatic rings. The molecule has 53 nitrogen and oxygen atoms in total. The zero-order valence-electron chi connectivity index (χ0n) is 87.2. The van der Waals surface area contributed by atoms with Crippen molar-refractivity contribution in [2.24, 2.45) is 0 Å². The smallest absolute Gasteiger partial charge is 0.303 e. The van der Waals surface area contributed by atoms with Gasteiger partial charge in [0.15, 0.2) is 55.5 Å². The van der Waals surface area contributed by atoms with Crippen LogP contribution in [0.4, 0.5) is 0 Å². The molecule has 54 heteroatoms. The summed E-state index contributed by atoms with van der Waals surface area (Å²) in [6.07, 6.45) is -11.1. The van der Waals surface area contributed by atoms with Gasteiger partial charge in [-0.25, -0.2) is 4.67 Å². The van der Waals surface area contributed by atoms with Gasteiger partial charge in [0, 0.05) is 115 Å². The normalized spacial score (nSPS) is 21.2. The predicted octanol–water partition coefficient (Wildman–Crippen LogP) is -0.334. The second kappa shape index (κ2) is 77.5. The van der Waals surface area contributed by atoms with E-state index >= 15 is 0 Å². The summed E-state index contributed by atoms with van der Waals surface area (Å²) in [6.45, 7) is 20.7. The molecule has 0 aromatic carbocycles. The predicted molar refractivity (Wildman–Crippen MR) is 507 cm³/mol. The first kappa shape index (κ1) is 131. The van der Waals surface area contributed by atoms with Gasteiger partial charge in [-0.2, -0.15) is 5.26 Å². The van der Waals surface area contributed by atoms with E-state index in [2.05, 4.69) is 53.3 Å². The van der Waals surface area contributed by atoms with Gasteiger partial charge < -0.3 is 165 Å². The molecule has 5 unspecified atom stereocenters. The van der Waals surface area contributed by atoms with Gasteiger partial charge in [-0.1, -0.05) is 12.8 Å². The largest absolute Gasteiger partial charge is 0.463 e. The molecule has 0 aromatic heterocycles. The maximum atomic E-state index is 14.6. The second-order valence-corrected chi connectivity index (χ2v) is 35.5. The zero-order valence-corrected chi connectivity index (χ0v) is 88.0. The Labute approximate surface area is 857 Å². The Hall–Kier alpha value is -9.81. The van der Waals surface area contributed by atoms with Crippen LogP contribution in [0.3, 0.4) is 0 Å². The molecule has 840 valence electrons. The highest BCUT2D eigenvalue weighted by Gasteiger charge is 2.55. The van der Waals surface area contributed by atoms with E-state index in [-0.39, 0.29) is 196 Å². The van der Waals surface area contributed by atoms with Crippen molar-refractivity contribution in [2.75, 3.05) is 191 Å². The summed E-state index contributed by atoms with van der Waals surface area (Å²) in [5.41, 5.74) is 0. The van der Waals surface area contributed by atoms with Gasteiger partial charge in [0.25, 0.3) is 8.53 Å². The Kier molecular flexibility index (Phi) is 69.3. The molecule has 8 amide bonds. The summed E-state index contributed by atoms with van der Waals surface area (Å²) in [6, 6.07) is -3.60. The second-order valence-electron chi connectivity index (χ2n) is 34.1. The average molecular weight is 2130 g/mol. The van der Waals surface area contributed by atoms with Crippen LogP contribution in [0, 0.1) is 11.3 Å². The Balaban J connectivity index is 1.68. The highest BCUT2D eigenvalue weighted by molar-refractivity contribution is 7.44. The fraction of sp³-hybridized carbons (Fsp3) is 0.806. The van der Waals surface area contributed by atoms with Crippen LogP contribution < -0.4 is 42.5 Å². The van der Waals surface area contributed by atoms with E-state index in [9.17, 15) is 81.5 Å². The minimum absolute atomic E-state index is 0.00662. The van der Waals surface area contributed by atoms with E-state index < -0.39 is 240 Å². The fourth-order valence-electron chi connectivity index (χ4n) is 14.7. The summed E-state index contributed by atoms with van der Waals surface area (Å²) in [4.78, 5) is 214. The maximum absolute atomic E-state index is 14.6. The number of carbonyl (C=O) groups excluding carboxylic acids is 17. The summed E-state index contributed by atoms with van der Waals surface area (Å²) < 4.78 is 149. The standard InChI is InChI=1S/C93H155N10O43P/c1-58(2)103(59(3)4)147(137-33-25-28-94)136-32-24-18-17-21-31-97-89(119)72(26-19-22-29-95-77(116)55-127-43-40-121-34-37-124-46-49-130-91-80(98-60(5)104)86(141-69(14)113)83(138-66(11)110)74(144-91)52-133-63(8)107)102-90(120)73(101-79(118)57-129-45-42-123-36-39-126-48-51-132-93-82(100-62(7)106)88(143-71(16)115)85(140-68(13)112)76(146-93)54-135-65(10)109)27-20-23-30-96-78(117)56-128-44-41-122-35-38-125-47-50-131-92-81(99-61(6)105)87(142-70(15)114)84(139-67(12)111)75(145-92)53-134-64(9)108/h58-59,72-76,80-88,91-93H,17-27,29-57H2,1-16H3,(H,95,116)(H,96,117)(H,97,119)(H,98,104)(H,99,105)(H,100,106)(H,101,118)(H,102,120)/t72-,73-,74+,75+,76+,80+,81+,82+,83?,84?,85?,86-,87-,88-,91+,92?,93+,147?/m0/s1. The van der Waals surface area contributed by atoms with Gasteiger partial charge in [0.1, 0.15) is 88.2 Å². The van der Waals surface area contributed by atoms with Crippen LogP contribution in [0.5, 0.6) is 0 Å². The summed E-state index contributed by atoms with van der Waals surface area (Å²) in [7, 11) is -1.44. The molecule has 0 aliphatic carbocycles. The van der Waals surface area contributed by atoms with Crippen LogP contribution >= 0.6 is 8.53 Å². The Bertz CT molecular complexity index is 3980. The van der Waals surface area contributed by atoms with Crippen LogP contribution in [0.1, 0.15) is 181 Å². The van der Waals surface area contributed by atoms with Crippen molar-refractivity contribution in [1.29, 1.82) is 5.26 Å². The van der Waals surface area contributed by atoms with E-state index in [4.69, 9.17) is 128 Å². The fourth-order valence-corrected chi connectivity index (χ4v) is 16.3. The number of esters is 9. The van der Waals surface area contributed by atoms with Crippen molar-refractivity contribution in [1.82, 2.24) is 47.2 Å². The molecule has 3 fully saturated rings. The number of nitriles is 1. The Morgan fingerprint density at radius 3 is 0.912 bits per heavy atom. The average Bonchev–Trinajstić information content (AvgIpc) is 0.792. The van der Waals surface area contributed by atoms with Gasteiger partial charge in [0.2, 0.25) is 47.3 Å². The van der Waals surface area contributed by atoms with E-state index in [1.807, 2.05) is 27.7 Å². The highest BCUT2D eigenvalue weighted by atomic mass is 31.2. The monoisotopic (exact) mass is 2130 g/mol. The number of unbranched alkanes of at least 4 members (excludes halogenated alkanes) is 5. The molecule has 147 heavy (non-hydrogen) atoms. The maximum Gasteiger partial charge on any atom is 0.303 e. The van der Waals surface area contributed by atoms with Gasteiger partial charge in [-0.05, 0) is 79.1 Å². The molecule has 3 rings (SSSR count). The lowest BCUT2D eigenvalue weighted by molar-refractivity contribution is -0.279. The number of carbonyl (C=O) groups is 17. The molecule has 0 aromatic rings. The first-order chi connectivity index (χ1) is 70.1. The van der Waals surface area contributed by atoms with Crippen molar-refractivity contribution in [2.45, 2.75) is 298 Å². The summed E-state index contributed by atoms with van der Waals surface area (Å²) >= 11 is 0. The van der Waals surface area contributed by atoms with Crippen LogP contribution in [0.25, 0.3) is 0 Å². The van der Waals surface area contributed by atoms with Crippen LogP contribution in [0.15, 0.2) is 0 Å². The molecule has 3 heterocycles. The lowest BCUT2D eigenvalue weighted by atomic mass is 9.96. The van der Waals surface area contributed by atoms with Crippen LogP contribution in [-0.2, 0) is 204 Å². The SMILES string of the molecule is CC(=O)N[C@H]1[C@H](OCCOCCOCCOCC(=O)NCCCC[C@H](NC(=O)[C@H](CCCCNC(=O)COCCOCCOCCOC2O[C@H](COC(C)=O)C(OC(C)=O)[C@@H](OC(C)=O)[C@H]2NC(C)=O)NC(=O)COCCOCCOCCO[C@@H]2O[C@H](COC(C)=O)C(OC(C)=O)[C@@H](OC(C)=O)[C@H]2NC(C)=O)C(=O)NCCCCCCOP(OCCC#N)N(C(C)C)C(C)C)O[C@H](COC(C)=O)C(OC(C)=O)[C@H]1OC(C)=O. The highest BCUT2D eigenvalue weighted by Crippen LogP contribution is 2.46. The molecule has 8 N–H and O–H groups in total. The van der Waals surface area contributed by atoms with Crippen molar-refractivity contribution in [3.8, 4) is 6.07 Å². The van der Waals surface area contributed by atoms with Crippen LogP contribution in [-0.4, -0.2) is 413 Å². The molecule has 0 spiro atoms. The number of hydrogen-bond donors (Lipinski definition) is 8. The van der Waals surface area contributed by atoms with Crippen molar-refractivity contribution in [3.63, 3.8) is 0 Å². The number of nitrogens with zero attached hydrogens (tertiary/aromatic N) is 2. The lowest BCUT2D eigenvalue weighted by Crippen LogP contribution is -2.66. The third kappa shape index (κ3) is 59.4. The van der Waals surface area contributed by atoms with E-state index in [1.165, 1.54) is 20.8 Å². The first-order valence-electron chi connectivity index (χ1n) is 49.0. The molecule has 3 saturated heterocycles. The zero-order chi connectivity index (χ0) is 109. The van der Waals surface area contributed by atoms with Crippen LogP contribution in [0.2, 0.25) is 0 Å². The van der Waals surface area contributed by atoms with Crippen molar-refractivity contribution < 1.29 is 204 Å². The van der Waals surface area contributed by atoms with Gasteiger partial charge in [0.05, 0.1) is 145 Å². The summed E-state index contributed by atoms with van der Waals surface area (Å²) in [5.74, 6) is -11.2. The minimum Gasteiger partial charge on any atom is -0.463 e. The molecule has 0 saturated carbocycles. The first-order valence-corrected chi connectivity index (χ1v) is 50.1. The molecule has 0 radical (unpaired) electrons. The third-order valence-corrected chi connectivity index (χ3v) is 22.8. The molecular formula is C93H155N10O43P. The number of hydrogen-bond acceptors (Lipinski definition) is 45. The molecule has 18 atom stereocenters. The van der Waals surface area contributed by atoms with Crippen molar-refractivity contribution in [3.05, 3.63) is 0 Å². The van der Waals surface area contributed by atoms with E-state index in [0.29, 0.717) is 45.1 Å².